The molecule has 0 bridgehead atoms. The molecule has 3 rings (SSSR count). The van der Waals surface area contributed by atoms with Crippen molar-refractivity contribution in [3.05, 3.63) is 35.4 Å². The molecule has 7 heteroatoms. The first-order valence-electron chi connectivity index (χ1n) is 8.63. The Balaban J connectivity index is 1.73. The molecule has 0 radical (unpaired) electrons. The van der Waals surface area contributed by atoms with E-state index in [1.807, 2.05) is 4.90 Å². The van der Waals surface area contributed by atoms with Gasteiger partial charge in [-0.05, 0) is 37.4 Å². The summed E-state index contributed by atoms with van der Waals surface area (Å²) in [5.74, 6) is 0.0411. The predicted molar refractivity (Wildman–Crippen MR) is 86.7 cm³/mol. The second kappa shape index (κ2) is 6.96. The maximum Gasteiger partial charge on any atom is 0.416 e. The molecule has 2 heterocycles. The molecule has 1 spiro atoms. The van der Waals surface area contributed by atoms with E-state index < -0.39 is 17.2 Å². The number of β-amino-alcohol motifs (C(OH)–C–C–N with tert-alkyl or cyclic N) is 1. The summed E-state index contributed by atoms with van der Waals surface area (Å²) in [4.78, 5) is 16.4. The summed E-state index contributed by atoms with van der Waals surface area (Å²) in [6, 6.07) is 5.63. The highest BCUT2D eigenvalue weighted by atomic mass is 19.4. The first-order chi connectivity index (χ1) is 11.9. The van der Waals surface area contributed by atoms with Crippen LogP contribution < -0.4 is 0 Å². The van der Waals surface area contributed by atoms with Gasteiger partial charge in [0.1, 0.15) is 0 Å². The molecule has 4 nitrogen and oxygen atoms in total. The van der Waals surface area contributed by atoms with Crippen LogP contribution in [0.25, 0.3) is 0 Å². The molecule has 1 aromatic rings. The zero-order valence-corrected chi connectivity index (χ0v) is 14.1. The van der Waals surface area contributed by atoms with Crippen LogP contribution in [0.4, 0.5) is 13.2 Å². The zero-order valence-electron chi connectivity index (χ0n) is 14.1. The van der Waals surface area contributed by atoms with Crippen LogP contribution in [-0.4, -0.2) is 53.6 Å². The fourth-order valence-electron chi connectivity index (χ4n) is 4.13. The Kier molecular flexibility index (Phi) is 5.06. The Morgan fingerprint density at radius 2 is 1.92 bits per heavy atom. The van der Waals surface area contributed by atoms with Gasteiger partial charge in [0.25, 0.3) is 0 Å². The van der Waals surface area contributed by atoms with Gasteiger partial charge in [0.05, 0.1) is 17.6 Å². The number of hydrogen-bond acceptors (Lipinski definition) is 3. The fraction of sp³-hybridized carbons (Fsp3) is 0.611. The summed E-state index contributed by atoms with van der Waals surface area (Å²) < 4.78 is 39.5. The van der Waals surface area contributed by atoms with Gasteiger partial charge in [0.2, 0.25) is 5.91 Å². The maximum absolute atomic E-state index is 13.2. The molecule has 2 saturated heterocycles. The summed E-state index contributed by atoms with van der Waals surface area (Å²) in [6.45, 7) is 2.22. The number of rotatable bonds is 4. The molecule has 1 aromatic carbocycles. The Labute approximate surface area is 145 Å². The van der Waals surface area contributed by atoms with E-state index in [-0.39, 0.29) is 24.6 Å². The molecular formula is C18H23F3N2O2. The van der Waals surface area contributed by atoms with Crippen LogP contribution in [0.5, 0.6) is 0 Å². The van der Waals surface area contributed by atoms with Crippen molar-refractivity contribution < 1.29 is 23.1 Å². The zero-order chi connectivity index (χ0) is 18.1. The minimum Gasteiger partial charge on any atom is -0.395 e. The van der Waals surface area contributed by atoms with E-state index in [9.17, 15) is 18.0 Å². The van der Waals surface area contributed by atoms with Gasteiger partial charge in [-0.3, -0.25) is 9.69 Å². The summed E-state index contributed by atoms with van der Waals surface area (Å²) in [7, 11) is 0. The van der Waals surface area contributed by atoms with E-state index in [1.54, 1.807) is 11.0 Å². The number of amides is 1. The lowest BCUT2D eigenvalue weighted by Crippen LogP contribution is -2.50. The molecule has 25 heavy (non-hydrogen) atoms. The Bertz CT molecular complexity index is 633. The standard InChI is InChI=1S/C18H23F3N2O2/c19-18(20,21)15-5-2-1-4-14(15)12-22-9-7-17(13-22)6-3-8-23(10-11-24)16(17)25/h1-2,4-5,24H,3,6-13H2. The third kappa shape index (κ3) is 3.67. The van der Waals surface area contributed by atoms with Crippen LogP contribution in [-0.2, 0) is 17.5 Å². The second-order valence-corrected chi connectivity index (χ2v) is 7.02. The van der Waals surface area contributed by atoms with Crippen LogP contribution in [0, 0.1) is 5.41 Å². The smallest absolute Gasteiger partial charge is 0.395 e. The van der Waals surface area contributed by atoms with Gasteiger partial charge in [-0.1, -0.05) is 18.2 Å². The van der Waals surface area contributed by atoms with Crippen LogP contribution >= 0.6 is 0 Å². The highest BCUT2D eigenvalue weighted by Crippen LogP contribution is 2.41. The van der Waals surface area contributed by atoms with E-state index in [1.165, 1.54) is 12.1 Å². The molecule has 1 unspecified atom stereocenters. The molecular weight excluding hydrogens is 333 g/mol. The summed E-state index contributed by atoms with van der Waals surface area (Å²) in [5.41, 5.74) is -0.851. The number of nitrogens with zero attached hydrogens (tertiary/aromatic N) is 2. The highest BCUT2D eigenvalue weighted by molar-refractivity contribution is 5.84. The van der Waals surface area contributed by atoms with Crippen LogP contribution in [0.1, 0.15) is 30.4 Å². The van der Waals surface area contributed by atoms with E-state index in [0.29, 0.717) is 32.6 Å². The number of alkyl halides is 3. The van der Waals surface area contributed by atoms with Gasteiger partial charge in [-0.25, -0.2) is 0 Å². The number of benzene rings is 1. The summed E-state index contributed by atoms with van der Waals surface area (Å²) in [6.07, 6.45) is -2.06. The SMILES string of the molecule is O=C1N(CCO)CCCC12CCN(Cc1ccccc1C(F)(F)F)C2. The molecule has 1 atom stereocenters. The normalized spacial score (nSPS) is 25.1. The van der Waals surface area contributed by atoms with Gasteiger partial charge >= 0.3 is 6.18 Å². The first-order valence-corrected chi connectivity index (χ1v) is 8.63. The van der Waals surface area contributed by atoms with Gasteiger partial charge in [-0.2, -0.15) is 13.2 Å². The highest BCUT2D eigenvalue weighted by Gasteiger charge is 2.48. The molecule has 0 aliphatic carbocycles. The van der Waals surface area contributed by atoms with Crippen molar-refractivity contribution in [3.63, 3.8) is 0 Å². The van der Waals surface area contributed by atoms with Crippen LogP contribution in [0.2, 0.25) is 0 Å². The Morgan fingerprint density at radius 1 is 1.16 bits per heavy atom. The van der Waals surface area contributed by atoms with Crippen molar-refractivity contribution in [2.75, 3.05) is 32.8 Å². The van der Waals surface area contributed by atoms with Crippen molar-refractivity contribution >= 4 is 5.91 Å². The topological polar surface area (TPSA) is 43.8 Å². The van der Waals surface area contributed by atoms with Crippen molar-refractivity contribution in [2.24, 2.45) is 5.41 Å². The number of carbonyl (C=O) groups excluding carboxylic acids is 1. The monoisotopic (exact) mass is 356 g/mol. The van der Waals surface area contributed by atoms with E-state index in [4.69, 9.17) is 5.11 Å². The van der Waals surface area contributed by atoms with Gasteiger partial charge in [-0.15, -0.1) is 0 Å². The molecule has 2 aliphatic heterocycles. The number of aliphatic hydroxyl groups is 1. The van der Waals surface area contributed by atoms with E-state index in [0.717, 1.165) is 18.9 Å². The Morgan fingerprint density at radius 3 is 2.64 bits per heavy atom. The molecule has 138 valence electrons. The minimum absolute atomic E-state index is 0.0411. The number of halogens is 3. The maximum atomic E-state index is 13.2. The van der Waals surface area contributed by atoms with E-state index >= 15 is 0 Å². The van der Waals surface area contributed by atoms with Crippen molar-refractivity contribution in [3.8, 4) is 0 Å². The number of hydrogen-bond donors (Lipinski definition) is 1. The third-order valence-electron chi connectivity index (χ3n) is 5.34. The summed E-state index contributed by atoms with van der Waals surface area (Å²) >= 11 is 0. The largest absolute Gasteiger partial charge is 0.416 e. The number of piperidine rings is 1. The molecule has 2 fully saturated rings. The van der Waals surface area contributed by atoms with E-state index in [2.05, 4.69) is 0 Å². The first kappa shape index (κ1) is 18.2. The molecule has 1 N–H and O–H groups in total. The quantitative estimate of drug-likeness (QED) is 0.902. The van der Waals surface area contributed by atoms with Gasteiger partial charge < -0.3 is 10.0 Å². The number of carbonyl (C=O) groups is 1. The lowest BCUT2D eigenvalue weighted by molar-refractivity contribution is -0.146. The van der Waals surface area contributed by atoms with Crippen molar-refractivity contribution in [2.45, 2.75) is 32.0 Å². The lowest BCUT2D eigenvalue weighted by atomic mass is 9.78. The second-order valence-electron chi connectivity index (χ2n) is 7.02. The molecule has 2 aliphatic rings. The molecule has 0 aromatic heterocycles. The average Bonchev–Trinajstić information content (AvgIpc) is 2.95. The number of likely N-dealkylation sites (tertiary alicyclic amines) is 2. The molecule has 1 amide bonds. The minimum atomic E-state index is -4.37. The third-order valence-corrected chi connectivity index (χ3v) is 5.34. The van der Waals surface area contributed by atoms with Crippen LogP contribution in [0.15, 0.2) is 24.3 Å². The lowest BCUT2D eigenvalue weighted by Gasteiger charge is -2.39. The van der Waals surface area contributed by atoms with Crippen molar-refractivity contribution in [1.82, 2.24) is 9.80 Å². The van der Waals surface area contributed by atoms with Crippen LogP contribution in [0.3, 0.4) is 0 Å². The Hall–Kier alpha value is -1.60. The number of aliphatic hydroxyl groups excluding tert-OH is 1. The average molecular weight is 356 g/mol. The molecule has 0 saturated carbocycles. The van der Waals surface area contributed by atoms with Gasteiger partial charge in [0.15, 0.2) is 0 Å². The fourth-order valence-corrected chi connectivity index (χ4v) is 4.13. The van der Waals surface area contributed by atoms with Gasteiger partial charge in [0, 0.05) is 26.2 Å². The predicted octanol–water partition coefficient (Wildman–Crippen LogP) is 2.51. The van der Waals surface area contributed by atoms with Crippen molar-refractivity contribution in [1.29, 1.82) is 0 Å². The summed E-state index contributed by atoms with van der Waals surface area (Å²) in [5, 5.41) is 9.11.